The molecule has 2 unspecified atom stereocenters. The van der Waals surface area contributed by atoms with Gasteiger partial charge in [-0.15, -0.1) is 0 Å². The van der Waals surface area contributed by atoms with Crippen LogP contribution in [-0.4, -0.2) is 53.5 Å². The van der Waals surface area contributed by atoms with Gasteiger partial charge in [-0.25, -0.2) is 0 Å². The minimum Gasteiger partial charge on any atom is -0.338 e. The molecule has 2 fully saturated rings. The van der Waals surface area contributed by atoms with E-state index in [9.17, 15) is 4.79 Å². The minimum atomic E-state index is 0.203. The van der Waals surface area contributed by atoms with Gasteiger partial charge in [0, 0.05) is 31.1 Å². The van der Waals surface area contributed by atoms with Gasteiger partial charge in [-0.2, -0.15) is 0 Å². The zero-order valence-corrected chi connectivity index (χ0v) is 12.0. The Kier molecular flexibility index (Phi) is 3.97. The molecule has 0 saturated carbocycles. The van der Waals surface area contributed by atoms with E-state index in [1.165, 1.54) is 6.42 Å². The summed E-state index contributed by atoms with van der Waals surface area (Å²) in [4.78, 5) is 16.6. The van der Waals surface area contributed by atoms with Crippen molar-refractivity contribution in [2.45, 2.75) is 51.6 Å². The Balaban J connectivity index is 1.99. The van der Waals surface area contributed by atoms with E-state index in [4.69, 9.17) is 5.73 Å². The van der Waals surface area contributed by atoms with E-state index in [2.05, 4.69) is 30.6 Å². The highest BCUT2D eigenvalue weighted by atomic mass is 16.2. The standard InChI is InChI=1S/C14H27N3O/c1-14(2,3)16-6-4-5-12(10-16)17-9-11(8-15)7-13(17)18/h11-12H,4-10,15H2,1-3H3. The zero-order chi connectivity index (χ0) is 13.3. The first-order valence-corrected chi connectivity index (χ1v) is 7.16. The van der Waals surface area contributed by atoms with Crippen molar-refractivity contribution in [3.05, 3.63) is 0 Å². The Labute approximate surface area is 110 Å². The summed E-state index contributed by atoms with van der Waals surface area (Å²) in [7, 11) is 0. The van der Waals surface area contributed by atoms with Crippen LogP contribution in [-0.2, 0) is 4.79 Å². The predicted octanol–water partition coefficient (Wildman–Crippen LogP) is 1.06. The summed E-state index contributed by atoms with van der Waals surface area (Å²) in [6, 6.07) is 0.405. The van der Waals surface area contributed by atoms with Crippen LogP contribution in [0.25, 0.3) is 0 Å². The lowest BCUT2D eigenvalue weighted by Gasteiger charge is -2.44. The second-order valence-electron chi connectivity index (χ2n) is 6.76. The first-order chi connectivity index (χ1) is 8.41. The molecule has 2 heterocycles. The van der Waals surface area contributed by atoms with Crippen LogP contribution >= 0.6 is 0 Å². The van der Waals surface area contributed by atoms with E-state index < -0.39 is 0 Å². The van der Waals surface area contributed by atoms with Crippen molar-refractivity contribution >= 4 is 5.91 Å². The maximum Gasteiger partial charge on any atom is 0.223 e. The van der Waals surface area contributed by atoms with Crippen LogP contribution in [0.15, 0.2) is 0 Å². The number of rotatable bonds is 2. The summed E-state index contributed by atoms with van der Waals surface area (Å²) in [6.07, 6.45) is 3.00. The Bertz CT molecular complexity index is 311. The number of nitrogens with two attached hydrogens (primary N) is 1. The molecule has 2 atom stereocenters. The molecule has 2 saturated heterocycles. The number of hydrogen-bond donors (Lipinski definition) is 1. The van der Waals surface area contributed by atoms with Crippen molar-refractivity contribution in [2.75, 3.05) is 26.2 Å². The number of carbonyl (C=O) groups is 1. The molecular weight excluding hydrogens is 226 g/mol. The third-order valence-corrected chi connectivity index (χ3v) is 4.36. The van der Waals surface area contributed by atoms with Crippen molar-refractivity contribution in [2.24, 2.45) is 11.7 Å². The monoisotopic (exact) mass is 253 g/mol. The van der Waals surface area contributed by atoms with Gasteiger partial charge in [-0.1, -0.05) is 0 Å². The van der Waals surface area contributed by atoms with Crippen LogP contribution in [0, 0.1) is 5.92 Å². The highest BCUT2D eigenvalue weighted by Gasteiger charge is 2.37. The smallest absolute Gasteiger partial charge is 0.223 e. The number of carbonyl (C=O) groups excluding carboxylic acids is 1. The molecule has 0 aromatic rings. The number of hydrogen-bond acceptors (Lipinski definition) is 3. The Morgan fingerprint density at radius 2 is 2.06 bits per heavy atom. The molecule has 0 radical (unpaired) electrons. The molecule has 2 aliphatic rings. The number of nitrogens with zero attached hydrogens (tertiary/aromatic N) is 2. The molecule has 0 aromatic carbocycles. The maximum atomic E-state index is 12.1. The number of likely N-dealkylation sites (tertiary alicyclic amines) is 2. The highest BCUT2D eigenvalue weighted by molar-refractivity contribution is 5.79. The van der Waals surface area contributed by atoms with Gasteiger partial charge in [0.2, 0.25) is 5.91 Å². The Morgan fingerprint density at radius 3 is 2.61 bits per heavy atom. The SMILES string of the molecule is CC(C)(C)N1CCCC(N2CC(CN)CC2=O)C1. The summed E-state index contributed by atoms with van der Waals surface area (Å²) in [6.45, 7) is 10.4. The lowest BCUT2D eigenvalue weighted by Crippen LogP contribution is -2.54. The van der Waals surface area contributed by atoms with E-state index >= 15 is 0 Å². The lowest BCUT2D eigenvalue weighted by molar-refractivity contribution is -0.131. The van der Waals surface area contributed by atoms with Crippen molar-refractivity contribution in [1.29, 1.82) is 0 Å². The predicted molar refractivity (Wildman–Crippen MR) is 73.2 cm³/mol. The summed E-state index contributed by atoms with van der Waals surface area (Å²) >= 11 is 0. The fraction of sp³-hybridized carbons (Fsp3) is 0.929. The minimum absolute atomic E-state index is 0.203. The molecule has 0 aliphatic carbocycles. The van der Waals surface area contributed by atoms with Gasteiger partial charge in [0.15, 0.2) is 0 Å². The number of amides is 1. The van der Waals surface area contributed by atoms with E-state index in [0.717, 1.165) is 26.1 Å². The molecule has 2 rings (SSSR count). The van der Waals surface area contributed by atoms with Crippen LogP contribution in [0.4, 0.5) is 0 Å². The topological polar surface area (TPSA) is 49.6 Å². The van der Waals surface area contributed by atoms with Gasteiger partial charge in [-0.05, 0) is 52.6 Å². The average Bonchev–Trinajstić information content (AvgIpc) is 2.70. The normalized spacial score (nSPS) is 31.1. The van der Waals surface area contributed by atoms with E-state index in [1.54, 1.807) is 0 Å². The van der Waals surface area contributed by atoms with E-state index in [0.29, 0.717) is 30.8 Å². The molecule has 2 aliphatic heterocycles. The summed E-state index contributed by atoms with van der Waals surface area (Å²) < 4.78 is 0. The molecule has 1 amide bonds. The largest absolute Gasteiger partial charge is 0.338 e. The first kappa shape index (κ1) is 13.8. The van der Waals surface area contributed by atoms with Crippen LogP contribution < -0.4 is 5.73 Å². The fourth-order valence-corrected chi connectivity index (χ4v) is 3.14. The van der Waals surface area contributed by atoms with Crippen molar-refractivity contribution in [3.8, 4) is 0 Å². The molecule has 0 aromatic heterocycles. The van der Waals surface area contributed by atoms with Gasteiger partial charge < -0.3 is 10.6 Å². The van der Waals surface area contributed by atoms with E-state index in [1.807, 2.05) is 0 Å². The fourth-order valence-electron chi connectivity index (χ4n) is 3.14. The van der Waals surface area contributed by atoms with Gasteiger partial charge in [0.05, 0.1) is 0 Å². The zero-order valence-electron chi connectivity index (χ0n) is 12.0. The highest BCUT2D eigenvalue weighted by Crippen LogP contribution is 2.27. The average molecular weight is 253 g/mol. The molecule has 2 N–H and O–H groups in total. The van der Waals surface area contributed by atoms with Gasteiger partial charge in [0.1, 0.15) is 0 Å². The summed E-state index contributed by atoms with van der Waals surface area (Å²) in [5, 5.41) is 0. The van der Waals surface area contributed by atoms with Crippen molar-refractivity contribution < 1.29 is 4.79 Å². The molecule has 18 heavy (non-hydrogen) atoms. The van der Waals surface area contributed by atoms with Crippen LogP contribution in [0.3, 0.4) is 0 Å². The maximum absolute atomic E-state index is 12.1. The summed E-state index contributed by atoms with van der Waals surface area (Å²) in [5.41, 5.74) is 5.90. The third-order valence-electron chi connectivity index (χ3n) is 4.36. The lowest BCUT2D eigenvalue weighted by atomic mass is 9.97. The van der Waals surface area contributed by atoms with Crippen LogP contribution in [0.1, 0.15) is 40.0 Å². The molecule has 0 spiro atoms. The summed E-state index contributed by atoms with van der Waals surface area (Å²) in [5.74, 6) is 0.689. The molecule has 4 heteroatoms. The van der Waals surface area contributed by atoms with E-state index in [-0.39, 0.29) is 5.54 Å². The second-order valence-corrected chi connectivity index (χ2v) is 6.76. The molecular formula is C14H27N3O. The Morgan fingerprint density at radius 1 is 1.33 bits per heavy atom. The van der Waals surface area contributed by atoms with Gasteiger partial charge >= 0.3 is 0 Å². The van der Waals surface area contributed by atoms with Gasteiger partial charge in [-0.3, -0.25) is 9.69 Å². The number of piperidine rings is 1. The third kappa shape index (κ3) is 2.86. The van der Waals surface area contributed by atoms with Gasteiger partial charge in [0.25, 0.3) is 0 Å². The molecule has 104 valence electrons. The van der Waals surface area contributed by atoms with Crippen molar-refractivity contribution in [3.63, 3.8) is 0 Å². The van der Waals surface area contributed by atoms with Crippen LogP contribution in [0.5, 0.6) is 0 Å². The van der Waals surface area contributed by atoms with Crippen LogP contribution in [0.2, 0.25) is 0 Å². The molecule has 4 nitrogen and oxygen atoms in total. The Hall–Kier alpha value is -0.610. The quantitative estimate of drug-likeness (QED) is 0.800. The molecule has 0 bridgehead atoms. The second kappa shape index (κ2) is 5.17. The first-order valence-electron chi connectivity index (χ1n) is 7.16. The van der Waals surface area contributed by atoms with Crippen molar-refractivity contribution in [1.82, 2.24) is 9.80 Å².